The Bertz CT molecular complexity index is 682. The molecular weight excluding hydrogens is 398 g/mol. The van der Waals surface area contributed by atoms with E-state index in [1.54, 1.807) is 0 Å². The lowest BCUT2D eigenvalue weighted by molar-refractivity contribution is -0.255. The molecule has 2 N–H and O–H groups in total. The highest BCUT2D eigenvalue weighted by Crippen LogP contribution is 2.35. The Hall–Kier alpha value is -1.96. The van der Waals surface area contributed by atoms with E-state index in [-0.39, 0.29) is 49.4 Å². The first-order valence-electron chi connectivity index (χ1n) is 11.2. The summed E-state index contributed by atoms with van der Waals surface area (Å²) in [5.41, 5.74) is 6.89. The molecule has 7 heteroatoms. The number of hydrogen-bond donors (Lipinski definition) is 1. The third kappa shape index (κ3) is 8.24. The second-order valence-electron chi connectivity index (χ2n) is 8.49. The van der Waals surface area contributed by atoms with Crippen molar-refractivity contribution >= 4 is 11.9 Å². The summed E-state index contributed by atoms with van der Waals surface area (Å²) < 4.78 is 22.5. The van der Waals surface area contributed by atoms with Crippen LogP contribution in [0.5, 0.6) is 0 Å². The van der Waals surface area contributed by atoms with Gasteiger partial charge in [0, 0.05) is 19.4 Å². The Balaban J connectivity index is 1.66. The molecule has 1 aromatic carbocycles. The summed E-state index contributed by atoms with van der Waals surface area (Å²) in [4.78, 5) is 23.2. The Labute approximate surface area is 185 Å². The van der Waals surface area contributed by atoms with Crippen molar-refractivity contribution in [3.63, 3.8) is 0 Å². The number of carbonyl (C=O) groups is 2. The van der Waals surface area contributed by atoms with Crippen molar-refractivity contribution in [3.8, 4) is 0 Å². The fraction of sp³-hybridized carbons (Fsp3) is 0.667. The van der Waals surface area contributed by atoms with Crippen molar-refractivity contribution < 1.29 is 28.5 Å². The van der Waals surface area contributed by atoms with Gasteiger partial charge in [-0.3, -0.25) is 9.59 Å². The quantitative estimate of drug-likeness (QED) is 0.420. The van der Waals surface area contributed by atoms with Gasteiger partial charge in [-0.15, -0.1) is 0 Å². The summed E-state index contributed by atoms with van der Waals surface area (Å²) in [6, 6.07) is 8.90. The number of unbranched alkanes of at least 4 members (excludes halogenated alkanes) is 1. The molecule has 2 rings (SSSR count). The van der Waals surface area contributed by atoms with Crippen molar-refractivity contribution in [1.82, 2.24) is 0 Å². The monoisotopic (exact) mass is 435 g/mol. The maximum atomic E-state index is 12.0. The van der Waals surface area contributed by atoms with Gasteiger partial charge < -0.3 is 24.7 Å². The third-order valence-corrected chi connectivity index (χ3v) is 6.15. The molecule has 31 heavy (non-hydrogen) atoms. The average molecular weight is 436 g/mol. The first-order chi connectivity index (χ1) is 14.8. The molecule has 1 heterocycles. The highest BCUT2D eigenvalue weighted by Gasteiger charge is 2.40. The average Bonchev–Trinajstić information content (AvgIpc) is 2.76. The fourth-order valence-corrected chi connectivity index (χ4v) is 3.69. The molecule has 0 radical (unpaired) electrons. The van der Waals surface area contributed by atoms with E-state index in [1.807, 2.05) is 30.3 Å². The molecule has 0 bridgehead atoms. The van der Waals surface area contributed by atoms with Crippen molar-refractivity contribution in [2.75, 3.05) is 13.2 Å². The zero-order valence-corrected chi connectivity index (χ0v) is 19.1. The SMILES string of the molecule is CC(=O)OCC1O[C@@H](OCCCC[C@H](N)C(=O)OCc2ccccc2)C(C)[C@@H](C)[C@H]1C. The van der Waals surface area contributed by atoms with E-state index in [0.717, 1.165) is 18.4 Å². The maximum absolute atomic E-state index is 12.0. The Kier molecular flexibility index (Phi) is 10.4. The molecule has 0 saturated carbocycles. The van der Waals surface area contributed by atoms with Gasteiger partial charge in [0.2, 0.25) is 0 Å². The summed E-state index contributed by atoms with van der Waals surface area (Å²) in [6.45, 7) is 8.80. The molecule has 1 aliphatic heterocycles. The van der Waals surface area contributed by atoms with Gasteiger partial charge in [0.1, 0.15) is 19.3 Å². The van der Waals surface area contributed by atoms with Crippen molar-refractivity contribution in [1.29, 1.82) is 0 Å². The number of esters is 2. The van der Waals surface area contributed by atoms with E-state index in [9.17, 15) is 9.59 Å². The van der Waals surface area contributed by atoms with Crippen molar-refractivity contribution in [2.45, 2.75) is 72.0 Å². The van der Waals surface area contributed by atoms with Gasteiger partial charge in [-0.25, -0.2) is 0 Å². The van der Waals surface area contributed by atoms with Crippen LogP contribution < -0.4 is 5.73 Å². The second-order valence-corrected chi connectivity index (χ2v) is 8.49. The van der Waals surface area contributed by atoms with E-state index >= 15 is 0 Å². The second kappa shape index (κ2) is 12.8. The third-order valence-electron chi connectivity index (χ3n) is 6.15. The van der Waals surface area contributed by atoms with Crippen molar-refractivity contribution in [3.05, 3.63) is 35.9 Å². The van der Waals surface area contributed by atoms with Gasteiger partial charge in [0.15, 0.2) is 6.29 Å². The highest BCUT2D eigenvalue weighted by molar-refractivity contribution is 5.75. The van der Waals surface area contributed by atoms with E-state index in [1.165, 1.54) is 6.92 Å². The van der Waals surface area contributed by atoms with E-state index in [2.05, 4.69) is 20.8 Å². The topological polar surface area (TPSA) is 97.1 Å². The summed E-state index contributed by atoms with van der Waals surface area (Å²) in [5, 5.41) is 0. The maximum Gasteiger partial charge on any atom is 0.323 e. The number of nitrogens with two attached hydrogens (primary N) is 1. The van der Waals surface area contributed by atoms with E-state index < -0.39 is 6.04 Å². The van der Waals surface area contributed by atoms with Crippen LogP contribution in [0.4, 0.5) is 0 Å². The van der Waals surface area contributed by atoms with Crippen LogP contribution in [0, 0.1) is 17.8 Å². The molecule has 1 aromatic rings. The number of rotatable bonds is 11. The Morgan fingerprint density at radius 1 is 1.03 bits per heavy atom. The van der Waals surface area contributed by atoms with Crippen LogP contribution in [0.1, 0.15) is 52.5 Å². The summed E-state index contributed by atoms with van der Waals surface area (Å²) in [6.07, 6.45) is 1.56. The molecular formula is C24H37NO6. The molecule has 174 valence electrons. The van der Waals surface area contributed by atoms with Crippen LogP contribution in [0.2, 0.25) is 0 Å². The number of ether oxygens (including phenoxy) is 4. The standard InChI is InChI=1S/C24H37NO6/c1-16-17(2)22(15-29-19(4)26)31-24(18(16)3)28-13-9-8-12-21(25)23(27)30-14-20-10-6-5-7-11-20/h5-7,10-11,16-18,21-22,24H,8-9,12-15,25H2,1-4H3/t16-,17+,18?,21-,22?,24+/m0/s1. The largest absolute Gasteiger partial charge is 0.463 e. The molecule has 0 spiro atoms. The first-order valence-corrected chi connectivity index (χ1v) is 11.2. The zero-order valence-electron chi connectivity index (χ0n) is 19.1. The predicted molar refractivity (Wildman–Crippen MR) is 117 cm³/mol. The minimum absolute atomic E-state index is 0.173. The minimum Gasteiger partial charge on any atom is -0.463 e. The van der Waals surface area contributed by atoms with Crippen LogP contribution in [0.25, 0.3) is 0 Å². The Morgan fingerprint density at radius 3 is 2.42 bits per heavy atom. The molecule has 0 aromatic heterocycles. The molecule has 1 saturated heterocycles. The lowest BCUT2D eigenvalue weighted by atomic mass is 9.79. The van der Waals surface area contributed by atoms with Crippen LogP contribution in [0.3, 0.4) is 0 Å². The predicted octanol–water partition coefficient (Wildman–Crippen LogP) is 3.44. The number of benzene rings is 1. The summed E-state index contributed by atoms with van der Waals surface area (Å²) in [7, 11) is 0. The molecule has 1 fully saturated rings. The lowest BCUT2D eigenvalue weighted by Crippen LogP contribution is -2.47. The van der Waals surface area contributed by atoms with Crippen LogP contribution in [-0.4, -0.2) is 43.6 Å². The van der Waals surface area contributed by atoms with Crippen LogP contribution >= 0.6 is 0 Å². The molecule has 0 aliphatic carbocycles. The first kappa shape index (κ1) is 25.3. The van der Waals surface area contributed by atoms with E-state index in [4.69, 9.17) is 24.7 Å². The smallest absolute Gasteiger partial charge is 0.323 e. The Morgan fingerprint density at radius 2 is 1.74 bits per heavy atom. The lowest BCUT2D eigenvalue weighted by Gasteiger charge is -2.43. The van der Waals surface area contributed by atoms with Gasteiger partial charge in [-0.2, -0.15) is 0 Å². The molecule has 0 amide bonds. The highest BCUT2D eigenvalue weighted by atomic mass is 16.7. The molecule has 2 unspecified atom stereocenters. The number of carbonyl (C=O) groups excluding carboxylic acids is 2. The van der Waals surface area contributed by atoms with Gasteiger partial charge in [-0.1, -0.05) is 51.1 Å². The van der Waals surface area contributed by atoms with Gasteiger partial charge in [-0.05, 0) is 36.7 Å². The molecule has 7 nitrogen and oxygen atoms in total. The zero-order chi connectivity index (χ0) is 22.8. The van der Waals surface area contributed by atoms with Crippen LogP contribution in [0.15, 0.2) is 30.3 Å². The van der Waals surface area contributed by atoms with Crippen LogP contribution in [-0.2, 0) is 35.1 Å². The van der Waals surface area contributed by atoms with Gasteiger partial charge in [0.05, 0.1) is 6.10 Å². The summed E-state index contributed by atoms with van der Waals surface area (Å²) in [5.74, 6) is 0.198. The molecule has 1 aliphatic rings. The van der Waals surface area contributed by atoms with Crippen molar-refractivity contribution in [2.24, 2.45) is 23.5 Å². The van der Waals surface area contributed by atoms with E-state index in [0.29, 0.717) is 18.9 Å². The fourth-order valence-electron chi connectivity index (χ4n) is 3.69. The van der Waals surface area contributed by atoms with Gasteiger partial charge >= 0.3 is 11.9 Å². The summed E-state index contributed by atoms with van der Waals surface area (Å²) >= 11 is 0. The molecule has 6 atom stereocenters. The normalized spacial score (nSPS) is 26.8. The number of hydrogen-bond acceptors (Lipinski definition) is 7. The minimum atomic E-state index is -0.637. The van der Waals surface area contributed by atoms with Gasteiger partial charge in [0.25, 0.3) is 0 Å².